The van der Waals surface area contributed by atoms with Gasteiger partial charge in [0.1, 0.15) is 0 Å². The van der Waals surface area contributed by atoms with Crippen LogP contribution in [-0.2, 0) is 6.54 Å². The molecular weight excluding hydrogens is 232 g/mol. The Morgan fingerprint density at radius 2 is 2.05 bits per heavy atom. The number of likely N-dealkylation sites (tertiary alicyclic amines) is 1. The van der Waals surface area contributed by atoms with Crippen LogP contribution in [-0.4, -0.2) is 31.6 Å². The van der Waals surface area contributed by atoms with Gasteiger partial charge >= 0.3 is 0 Å². The van der Waals surface area contributed by atoms with Crippen LogP contribution < -0.4 is 5.32 Å². The molecular formula is C17H28N2. The largest absolute Gasteiger partial charge is 0.320 e. The van der Waals surface area contributed by atoms with Gasteiger partial charge in [-0.2, -0.15) is 0 Å². The van der Waals surface area contributed by atoms with Gasteiger partial charge in [0, 0.05) is 13.1 Å². The molecule has 1 aliphatic rings. The second-order valence-electron chi connectivity index (χ2n) is 5.97. The fourth-order valence-corrected chi connectivity index (χ4v) is 3.05. The molecule has 0 amide bonds. The van der Waals surface area contributed by atoms with Crippen molar-refractivity contribution >= 4 is 0 Å². The standard InChI is InChI=1S/C17H28N2/c1-15-7-9-17(10-8-15)14-19-12-4-6-16(13-19)5-3-11-18-2/h7-10,16,18H,3-6,11-14H2,1-2H3. The van der Waals surface area contributed by atoms with E-state index in [1.54, 1.807) is 0 Å². The average molecular weight is 260 g/mol. The first-order valence-corrected chi connectivity index (χ1v) is 7.70. The quantitative estimate of drug-likeness (QED) is 0.790. The minimum absolute atomic E-state index is 0.910. The van der Waals surface area contributed by atoms with Crippen molar-refractivity contribution in [3.63, 3.8) is 0 Å². The lowest BCUT2D eigenvalue weighted by Crippen LogP contribution is -2.35. The molecule has 0 aromatic heterocycles. The number of nitrogens with zero attached hydrogens (tertiary/aromatic N) is 1. The zero-order valence-corrected chi connectivity index (χ0v) is 12.5. The number of hydrogen-bond donors (Lipinski definition) is 1. The molecule has 1 saturated heterocycles. The van der Waals surface area contributed by atoms with E-state index in [-0.39, 0.29) is 0 Å². The number of aryl methyl sites for hydroxylation is 1. The number of rotatable bonds is 6. The van der Waals surface area contributed by atoms with E-state index >= 15 is 0 Å². The van der Waals surface area contributed by atoms with Gasteiger partial charge in [0.25, 0.3) is 0 Å². The van der Waals surface area contributed by atoms with Crippen LogP contribution in [0.5, 0.6) is 0 Å². The molecule has 19 heavy (non-hydrogen) atoms. The maximum absolute atomic E-state index is 3.25. The van der Waals surface area contributed by atoms with Crippen molar-refractivity contribution in [2.45, 2.75) is 39.2 Å². The predicted octanol–water partition coefficient (Wildman–Crippen LogP) is 3.21. The van der Waals surface area contributed by atoms with E-state index < -0.39 is 0 Å². The highest BCUT2D eigenvalue weighted by Gasteiger charge is 2.19. The maximum atomic E-state index is 3.25. The van der Waals surface area contributed by atoms with Crippen LogP contribution in [0, 0.1) is 12.8 Å². The molecule has 1 aliphatic heterocycles. The van der Waals surface area contributed by atoms with Crippen molar-refractivity contribution in [3.8, 4) is 0 Å². The van der Waals surface area contributed by atoms with E-state index in [2.05, 4.69) is 41.4 Å². The predicted molar refractivity (Wildman–Crippen MR) is 82.3 cm³/mol. The summed E-state index contributed by atoms with van der Waals surface area (Å²) < 4.78 is 0. The van der Waals surface area contributed by atoms with Gasteiger partial charge in [0.2, 0.25) is 0 Å². The summed E-state index contributed by atoms with van der Waals surface area (Å²) in [5, 5.41) is 3.25. The third-order valence-electron chi connectivity index (χ3n) is 4.17. The first-order chi connectivity index (χ1) is 9.28. The third-order valence-corrected chi connectivity index (χ3v) is 4.17. The molecule has 1 aromatic carbocycles. The second-order valence-corrected chi connectivity index (χ2v) is 5.97. The maximum Gasteiger partial charge on any atom is 0.0233 e. The third kappa shape index (κ3) is 4.96. The van der Waals surface area contributed by atoms with E-state index in [0.717, 1.165) is 19.0 Å². The van der Waals surface area contributed by atoms with Crippen molar-refractivity contribution in [3.05, 3.63) is 35.4 Å². The van der Waals surface area contributed by atoms with Crippen LogP contribution in [0.1, 0.15) is 36.8 Å². The summed E-state index contributed by atoms with van der Waals surface area (Å²) in [5.41, 5.74) is 2.81. The molecule has 0 saturated carbocycles. The van der Waals surface area contributed by atoms with Crippen LogP contribution in [0.2, 0.25) is 0 Å². The summed E-state index contributed by atoms with van der Waals surface area (Å²) >= 11 is 0. The van der Waals surface area contributed by atoms with Gasteiger partial charge in [-0.15, -0.1) is 0 Å². The van der Waals surface area contributed by atoms with Crippen molar-refractivity contribution in [2.24, 2.45) is 5.92 Å². The van der Waals surface area contributed by atoms with Gasteiger partial charge in [0.15, 0.2) is 0 Å². The fraction of sp³-hybridized carbons (Fsp3) is 0.647. The van der Waals surface area contributed by atoms with Crippen LogP contribution >= 0.6 is 0 Å². The molecule has 0 spiro atoms. The van der Waals surface area contributed by atoms with Crippen molar-refractivity contribution in [2.75, 3.05) is 26.7 Å². The Morgan fingerprint density at radius 3 is 2.79 bits per heavy atom. The van der Waals surface area contributed by atoms with Crippen LogP contribution in [0.3, 0.4) is 0 Å². The highest BCUT2D eigenvalue weighted by atomic mass is 15.1. The molecule has 1 heterocycles. The minimum Gasteiger partial charge on any atom is -0.320 e. The van der Waals surface area contributed by atoms with E-state index in [9.17, 15) is 0 Å². The molecule has 1 fully saturated rings. The summed E-state index contributed by atoms with van der Waals surface area (Å²) in [6, 6.07) is 9.01. The minimum atomic E-state index is 0.910. The van der Waals surface area contributed by atoms with Gasteiger partial charge in [-0.05, 0) is 64.2 Å². The SMILES string of the molecule is CNCCCC1CCCN(Cc2ccc(C)cc2)C1. The van der Waals surface area contributed by atoms with Gasteiger partial charge in [-0.1, -0.05) is 29.8 Å². The Kier molecular flexibility index (Phi) is 5.87. The van der Waals surface area contributed by atoms with Crippen LogP contribution in [0.25, 0.3) is 0 Å². The summed E-state index contributed by atoms with van der Waals surface area (Å²) in [6.45, 7) is 7.01. The van der Waals surface area contributed by atoms with Crippen LogP contribution in [0.15, 0.2) is 24.3 Å². The molecule has 106 valence electrons. The highest BCUT2D eigenvalue weighted by molar-refractivity contribution is 5.21. The topological polar surface area (TPSA) is 15.3 Å². The number of piperidine rings is 1. The summed E-state index contributed by atoms with van der Waals surface area (Å²) in [4.78, 5) is 2.64. The Bertz CT molecular complexity index is 358. The monoisotopic (exact) mass is 260 g/mol. The number of hydrogen-bond acceptors (Lipinski definition) is 2. The van der Waals surface area contributed by atoms with Gasteiger partial charge in [0.05, 0.1) is 0 Å². The van der Waals surface area contributed by atoms with Gasteiger partial charge in [-0.3, -0.25) is 4.90 Å². The van der Waals surface area contributed by atoms with E-state index in [0.29, 0.717) is 0 Å². The average Bonchev–Trinajstić information content (AvgIpc) is 2.42. The van der Waals surface area contributed by atoms with E-state index in [1.165, 1.54) is 49.9 Å². The first-order valence-electron chi connectivity index (χ1n) is 7.70. The lowest BCUT2D eigenvalue weighted by atomic mass is 9.93. The van der Waals surface area contributed by atoms with Gasteiger partial charge < -0.3 is 5.32 Å². The zero-order chi connectivity index (χ0) is 13.5. The first kappa shape index (κ1) is 14.5. The molecule has 1 N–H and O–H groups in total. The Labute approximate surface area is 118 Å². The molecule has 1 atom stereocenters. The van der Waals surface area contributed by atoms with Crippen LogP contribution in [0.4, 0.5) is 0 Å². The highest BCUT2D eigenvalue weighted by Crippen LogP contribution is 2.22. The Morgan fingerprint density at radius 1 is 1.26 bits per heavy atom. The summed E-state index contributed by atoms with van der Waals surface area (Å²) in [7, 11) is 2.05. The smallest absolute Gasteiger partial charge is 0.0233 e. The van der Waals surface area contributed by atoms with Gasteiger partial charge in [-0.25, -0.2) is 0 Å². The molecule has 1 unspecified atom stereocenters. The lowest BCUT2D eigenvalue weighted by molar-refractivity contribution is 0.160. The summed E-state index contributed by atoms with van der Waals surface area (Å²) in [6.07, 6.45) is 5.50. The molecule has 0 aliphatic carbocycles. The molecule has 1 aromatic rings. The molecule has 0 radical (unpaired) electrons. The summed E-state index contributed by atoms with van der Waals surface area (Å²) in [5.74, 6) is 0.910. The molecule has 0 bridgehead atoms. The number of nitrogens with one attached hydrogen (secondary N) is 1. The molecule has 2 heteroatoms. The number of benzene rings is 1. The van der Waals surface area contributed by atoms with E-state index in [4.69, 9.17) is 0 Å². The Balaban J connectivity index is 1.78. The molecule has 2 rings (SSSR count). The normalized spacial score (nSPS) is 20.6. The second kappa shape index (κ2) is 7.66. The lowest BCUT2D eigenvalue weighted by Gasteiger charge is -2.32. The van der Waals surface area contributed by atoms with Crippen molar-refractivity contribution < 1.29 is 0 Å². The molecule has 2 nitrogen and oxygen atoms in total. The van der Waals surface area contributed by atoms with E-state index in [1.807, 2.05) is 7.05 Å². The van der Waals surface area contributed by atoms with Crippen molar-refractivity contribution in [1.82, 2.24) is 10.2 Å². The Hall–Kier alpha value is -0.860. The fourth-order valence-electron chi connectivity index (χ4n) is 3.05. The zero-order valence-electron chi connectivity index (χ0n) is 12.5. The van der Waals surface area contributed by atoms with Crippen molar-refractivity contribution in [1.29, 1.82) is 0 Å².